The summed E-state index contributed by atoms with van der Waals surface area (Å²) in [7, 11) is 1.38. The number of ether oxygens (including phenoxy) is 1. The van der Waals surface area contributed by atoms with Crippen LogP contribution in [0.3, 0.4) is 0 Å². The van der Waals surface area contributed by atoms with E-state index in [0.717, 1.165) is 12.8 Å². The van der Waals surface area contributed by atoms with Gasteiger partial charge in [-0.15, -0.1) is 0 Å². The van der Waals surface area contributed by atoms with Crippen LogP contribution in [-0.2, 0) is 14.3 Å². The molecule has 1 atom stereocenters. The van der Waals surface area contributed by atoms with Crippen molar-refractivity contribution in [1.29, 1.82) is 0 Å². The molecule has 13 heavy (non-hydrogen) atoms. The number of amides is 1. The molecule has 0 bridgehead atoms. The molecule has 1 unspecified atom stereocenters. The summed E-state index contributed by atoms with van der Waals surface area (Å²) < 4.78 is 4.52. The van der Waals surface area contributed by atoms with Crippen molar-refractivity contribution in [2.45, 2.75) is 38.1 Å². The van der Waals surface area contributed by atoms with Gasteiger partial charge in [0.25, 0.3) is 0 Å². The van der Waals surface area contributed by atoms with E-state index in [0.29, 0.717) is 19.3 Å². The predicted octanol–water partition coefficient (Wildman–Crippen LogP) is 0.608. The van der Waals surface area contributed by atoms with Gasteiger partial charge in [-0.05, 0) is 19.3 Å². The number of esters is 1. The summed E-state index contributed by atoms with van der Waals surface area (Å²) in [6.07, 6.45) is 3.61. The molecule has 1 heterocycles. The molecule has 0 aromatic heterocycles. The molecule has 0 radical (unpaired) electrons. The lowest BCUT2D eigenvalue weighted by molar-refractivity contribution is -0.141. The molecule has 1 fully saturated rings. The van der Waals surface area contributed by atoms with Crippen LogP contribution in [0, 0.1) is 0 Å². The molecule has 0 spiro atoms. The second-order valence-corrected chi connectivity index (χ2v) is 3.27. The first-order valence-electron chi connectivity index (χ1n) is 4.58. The van der Waals surface area contributed by atoms with Gasteiger partial charge in [-0.25, -0.2) is 0 Å². The van der Waals surface area contributed by atoms with Crippen LogP contribution in [0.1, 0.15) is 32.1 Å². The number of hydrogen-bond donors (Lipinski definition) is 1. The van der Waals surface area contributed by atoms with Crippen molar-refractivity contribution in [3.8, 4) is 0 Å². The van der Waals surface area contributed by atoms with Gasteiger partial charge in [0.05, 0.1) is 7.11 Å². The Balaban J connectivity index is 2.20. The minimum Gasteiger partial charge on any atom is -0.469 e. The Morgan fingerprint density at radius 2 is 2.46 bits per heavy atom. The van der Waals surface area contributed by atoms with Crippen molar-refractivity contribution in [1.82, 2.24) is 5.32 Å². The maximum atomic E-state index is 11.0. The molecule has 1 rings (SSSR count). The molecule has 1 aliphatic rings. The van der Waals surface area contributed by atoms with E-state index in [9.17, 15) is 9.59 Å². The molecule has 1 aliphatic heterocycles. The monoisotopic (exact) mass is 185 g/mol. The predicted molar refractivity (Wildman–Crippen MR) is 47.0 cm³/mol. The van der Waals surface area contributed by atoms with Crippen LogP contribution in [0.2, 0.25) is 0 Å². The van der Waals surface area contributed by atoms with E-state index in [1.54, 1.807) is 0 Å². The van der Waals surface area contributed by atoms with Crippen molar-refractivity contribution in [3.05, 3.63) is 0 Å². The van der Waals surface area contributed by atoms with Crippen molar-refractivity contribution >= 4 is 11.9 Å². The molecule has 0 saturated carbocycles. The number of carbonyl (C=O) groups is 2. The van der Waals surface area contributed by atoms with Crippen molar-refractivity contribution in [2.75, 3.05) is 7.11 Å². The summed E-state index contributed by atoms with van der Waals surface area (Å²) >= 11 is 0. The van der Waals surface area contributed by atoms with Gasteiger partial charge in [-0.1, -0.05) is 0 Å². The van der Waals surface area contributed by atoms with Gasteiger partial charge >= 0.3 is 5.97 Å². The first kappa shape index (κ1) is 10.0. The number of methoxy groups -OCH3 is 1. The lowest BCUT2D eigenvalue weighted by atomic mass is 10.0. The molecule has 0 aliphatic carbocycles. The van der Waals surface area contributed by atoms with Crippen LogP contribution in [0.5, 0.6) is 0 Å². The molecule has 4 heteroatoms. The van der Waals surface area contributed by atoms with Crippen LogP contribution >= 0.6 is 0 Å². The van der Waals surface area contributed by atoms with Crippen LogP contribution in [0.4, 0.5) is 0 Å². The summed E-state index contributed by atoms with van der Waals surface area (Å²) in [6, 6.07) is 0.167. The zero-order valence-electron chi connectivity index (χ0n) is 7.84. The van der Waals surface area contributed by atoms with E-state index < -0.39 is 0 Å². The number of piperidine rings is 1. The van der Waals surface area contributed by atoms with Crippen molar-refractivity contribution < 1.29 is 14.3 Å². The molecule has 0 aromatic carbocycles. The second kappa shape index (κ2) is 4.84. The van der Waals surface area contributed by atoms with E-state index in [4.69, 9.17) is 0 Å². The quantitative estimate of drug-likeness (QED) is 0.655. The SMILES string of the molecule is COC(=O)CCC1CCCC(=O)N1. The van der Waals surface area contributed by atoms with Crippen LogP contribution in [-0.4, -0.2) is 25.0 Å². The van der Waals surface area contributed by atoms with E-state index >= 15 is 0 Å². The van der Waals surface area contributed by atoms with Gasteiger partial charge in [-0.3, -0.25) is 9.59 Å². The standard InChI is InChI=1S/C9H15NO3/c1-13-9(12)6-5-7-3-2-4-8(11)10-7/h7H,2-6H2,1H3,(H,10,11). The Hall–Kier alpha value is -1.06. The fraction of sp³-hybridized carbons (Fsp3) is 0.778. The highest BCUT2D eigenvalue weighted by molar-refractivity contribution is 5.77. The topological polar surface area (TPSA) is 55.4 Å². The summed E-state index contributed by atoms with van der Waals surface area (Å²) in [6.45, 7) is 0. The smallest absolute Gasteiger partial charge is 0.305 e. The second-order valence-electron chi connectivity index (χ2n) is 3.27. The number of rotatable bonds is 3. The highest BCUT2D eigenvalue weighted by Gasteiger charge is 2.18. The maximum Gasteiger partial charge on any atom is 0.305 e. The van der Waals surface area contributed by atoms with E-state index in [1.807, 2.05) is 0 Å². The van der Waals surface area contributed by atoms with Gasteiger partial charge in [0, 0.05) is 18.9 Å². The summed E-state index contributed by atoms with van der Waals surface area (Å²) in [5.41, 5.74) is 0. The van der Waals surface area contributed by atoms with Gasteiger partial charge in [0.1, 0.15) is 0 Å². The molecule has 1 saturated heterocycles. The van der Waals surface area contributed by atoms with Crippen molar-refractivity contribution in [3.63, 3.8) is 0 Å². The van der Waals surface area contributed by atoms with Crippen LogP contribution in [0.25, 0.3) is 0 Å². The molecule has 1 N–H and O–H groups in total. The Bertz CT molecular complexity index is 203. The minimum atomic E-state index is -0.208. The summed E-state index contributed by atoms with van der Waals surface area (Å²) in [5, 5.41) is 2.85. The Labute approximate surface area is 77.6 Å². The fourth-order valence-electron chi connectivity index (χ4n) is 1.49. The summed E-state index contributed by atoms with van der Waals surface area (Å²) in [5.74, 6) is -0.110. The van der Waals surface area contributed by atoms with E-state index in [-0.39, 0.29) is 17.9 Å². The summed E-state index contributed by atoms with van der Waals surface area (Å²) in [4.78, 5) is 21.8. The molecule has 4 nitrogen and oxygen atoms in total. The fourth-order valence-corrected chi connectivity index (χ4v) is 1.49. The van der Waals surface area contributed by atoms with Gasteiger partial charge < -0.3 is 10.1 Å². The number of nitrogens with one attached hydrogen (secondary N) is 1. The molecular formula is C9H15NO3. The highest BCUT2D eigenvalue weighted by Crippen LogP contribution is 2.12. The van der Waals surface area contributed by atoms with Gasteiger partial charge in [0.2, 0.25) is 5.91 Å². The minimum absolute atomic E-state index is 0.0983. The zero-order valence-corrected chi connectivity index (χ0v) is 7.84. The highest BCUT2D eigenvalue weighted by atomic mass is 16.5. The van der Waals surface area contributed by atoms with E-state index in [1.165, 1.54) is 7.11 Å². The Morgan fingerprint density at radius 1 is 1.69 bits per heavy atom. The van der Waals surface area contributed by atoms with Gasteiger partial charge in [0.15, 0.2) is 0 Å². The average Bonchev–Trinajstić information content (AvgIpc) is 2.14. The first-order valence-corrected chi connectivity index (χ1v) is 4.58. The van der Waals surface area contributed by atoms with Gasteiger partial charge in [-0.2, -0.15) is 0 Å². The zero-order chi connectivity index (χ0) is 9.68. The third-order valence-electron chi connectivity index (χ3n) is 2.25. The normalized spacial score (nSPS) is 22.2. The number of carbonyl (C=O) groups excluding carboxylic acids is 2. The maximum absolute atomic E-state index is 11.0. The largest absolute Gasteiger partial charge is 0.469 e. The average molecular weight is 185 g/mol. The molecule has 1 amide bonds. The van der Waals surface area contributed by atoms with Crippen molar-refractivity contribution in [2.24, 2.45) is 0 Å². The van der Waals surface area contributed by atoms with E-state index in [2.05, 4.69) is 10.1 Å². The lowest BCUT2D eigenvalue weighted by Gasteiger charge is -2.22. The van der Waals surface area contributed by atoms with Crippen LogP contribution < -0.4 is 5.32 Å². The Kier molecular flexibility index (Phi) is 3.73. The van der Waals surface area contributed by atoms with Crippen LogP contribution in [0.15, 0.2) is 0 Å². The first-order chi connectivity index (χ1) is 6.22. The lowest BCUT2D eigenvalue weighted by Crippen LogP contribution is -2.38. The Morgan fingerprint density at radius 3 is 3.08 bits per heavy atom. The molecular weight excluding hydrogens is 170 g/mol. The third-order valence-corrected chi connectivity index (χ3v) is 2.25. The number of hydrogen-bond acceptors (Lipinski definition) is 3. The molecule has 0 aromatic rings. The third kappa shape index (κ3) is 3.44. The molecule has 74 valence electrons.